The van der Waals surface area contributed by atoms with Crippen molar-refractivity contribution in [3.05, 3.63) is 60.6 Å². The number of amides is 1. The smallest absolute Gasteiger partial charge is 0.211 e. The molecular weight excluding hydrogens is 290 g/mol. The van der Waals surface area contributed by atoms with Gasteiger partial charge in [-0.3, -0.25) is 14.8 Å². The highest BCUT2D eigenvalue weighted by Crippen LogP contribution is 2.27. The maximum Gasteiger partial charge on any atom is 0.211 e. The molecule has 3 aromatic rings. The van der Waals surface area contributed by atoms with Crippen molar-refractivity contribution in [3.63, 3.8) is 0 Å². The van der Waals surface area contributed by atoms with Gasteiger partial charge in [-0.05, 0) is 29.8 Å². The number of aromatic nitrogens is 2. The number of rotatable bonds is 5. The largest absolute Gasteiger partial charge is 0.489 e. The third kappa shape index (κ3) is 4.26. The van der Waals surface area contributed by atoms with E-state index in [9.17, 15) is 4.79 Å². The van der Waals surface area contributed by atoms with Crippen molar-refractivity contribution in [1.29, 1.82) is 0 Å². The average Bonchev–Trinajstić information content (AvgIpc) is 2.63. The topological polar surface area (TPSA) is 64.1 Å². The van der Waals surface area contributed by atoms with Crippen LogP contribution in [0.5, 0.6) is 5.75 Å². The monoisotopic (exact) mass is 309 g/mol. The van der Waals surface area contributed by atoms with Crippen LogP contribution >= 0.6 is 0 Å². The number of nitrogens with zero attached hydrogens (tertiary/aromatic N) is 2. The van der Waals surface area contributed by atoms with Crippen molar-refractivity contribution in [2.45, 2.75) is 20.5 Å². The van der Waals surface area contributed by atoms with Crippen LogP contribution in [0.15, 0.2) is 55.0 Å². The Kier molecular flexibility index (Phi) is 6.06. The number of fused-ring (bicyclic) bond motifs is 1. The number of hydrogen-bond donors (Lipinski definition) is 1. The predicted octanol–water partition coefficient (Wildman–Crippen LogP) is 3.80. The SMILES string of the molecule is CC.O=CNc1cc(OCc2ccncc2)cc2cccnc12. The van der Waals surface area contributed by atoms with Gasteiger partial charge in [0.1, 0.15) is 12.4 Å². The zero-order chi connectivity index (χ0) is 16.5. The first-order valence-corrected chi connectivity index (χ1v) is 7.47. The fourth-order valence-electron chi connectivity index (χ4n) is 2.07. The lowest BCUT2D eigenvalue weighted by atomic mass is 10.2. The van der Waals surface area contributed by atoms with Crippen molar-refractivity contribution in [2.24, 2.45) is 0 Å². The van der Waals surface area contributed by atoms with Crippen molar-refractivity contribution >= 4 is 23.0 Å². The Morgan fingerprint density at radius 2 is 1.91 bits per heavy atom. The Morgan fingerprint density at radius 1 is 1.13 bits per heavy atom. The van der Waals surface area contributed by atoms with Crippen LogP contribution in [0.25, 0.3) is 10.9 Å². The van der Waals surface area contributed by atoms with Gasteiger partial charge < -0.3 is 10.1 Å². The first-order chi connectivity index (χ1) is 11.4. The zero-order valence-corrected chi connectivity index (χ0v) is 13.2. The Morgan fingerprint density at radius 3 is 2.65 bits per heavy atom. The molecule has 2 heterocycles. The van der Waals surface area contributed by atoms with E-state index < -0.39 is 0 Å². The van der Waals surface area contributed by atoms with Gasteiger partial charge >= 0.3 is 0 Å². The van der Waals surface area contributed by atoms with E-state index in [1.165, 1.54) is 0 Å². The lowest BCUT2D eigenvalue weighted by molar-refractivity contribution is -0.105. The second kappa shape index (κ2) is 8.48. The van der Waals surface area contributed by atoms with Crippen LogP contribution < -0.4 is 10.1 Å². The molecule has 0 aliphatic heterocycles. The summed E-state index contributed by atoms with van der Waals surface area (Å²) in [6.07, 6.45) is 5.77. The molecule has 0 unspecified atom stereocenters. The van der Waals surface area contributed by atoms with E-state index in [0.29, 0.717) is 24.5 Å². The summed E-state index contributed by atoms with van der Waals surface area (Å²) in [5.74, 6) is 0.677. The molecule has 0 aliphatic rings. The maximum absolute atomic E-state index is 10.7. The molecule has 0 atom stereocenters. The highest BCUT2D eigenvalue weighted by atomic mass is 16.5. The van der Waals surface area contributed by atoms with Gasteiger partial charge in [-0.25, -0.2) is 0 Å². The van der Waals surface area contributed by atoms with Crippen molar-refractivity contribution in [3.8, 4) is 5.75 Å². The number of carbonyl (C=O) groups is 1. The molecule has 1 aromatic carbocycles. The van der Waals surface area contributed by atoms with Gasteiger partial charge in [0, 0.05) is 30.0 Å². The summed E-state index contributed by atoms with van der Waals surface area (Å²) in [4.78, 5) is 19.0. The first kappa shape index (κ1) is 16.4. The number of benzene rings is 1. The molecule has 0 spiro atoms. The Balaban J connectivity index is 0.000000924. The molecule has 1 amide bonds. The molecule has 0 bridgehead atoms. The van der Waals surface area contributed by atoms with Gasteiger partial charge in [-0.2, -0.15) is 0 Å². The fourth-order valence-corrected chi connectivity index (χ4v) is 2.07. The lowest BCUT2D eigenvalue weighted by Gasteiger charge is -2.10. The third-order valence-corrected chi connectivity index (χ3v) is 3.05. The number of pyridine rings is 2. The van der Waals surface area contributed by atoms with Crippen molar-refractivity contribution in [1.82, 2.24) is 9.97 Å². The van der Waals surface area contributed by atoms with Crippen LogP contribution in [0.4, 0.5) is 5.69 Å². The van der Waals surface area contributed by atoms with E-state index in [1.807, 2.05) is 44.2 Å². The van der Waals surface area contributed by atoms with Gasteiger partial charge in [-0.1, -0.05) is 19.9 Å². The van der Waals surface area contributed by atoms with Crippen LogP contribution in [0, 0.1) is 0 Å². The van der Waals surface area contributed by atoms with E-state index in [-0.39, 0.29) is 0 Å². The van der Waals surface area contributed by atoms with Crippen LogP contribution in [0.1, 0.15) is 19.4 Å². The number of nitrogens with one attached hydrogen (secondary N) is 1. The van der Waals surface area contributed by atoms with Gasteiger partial charge in [0.05, 0.1) is 11.2 Å². The minimum Gasteiger partial charge on any atom is -0.489 e. The van der Waals surface area contributed by atoms with Crippen molar-refractivity contribution in [2.75, 3.05) is 5.32 Å². The quantitative estimate of drug-likeness (QED) is 0.728. The lowest BCUT2D eigenvalue weighted by Crippen LogP contribution is -1.99. The summed E-state index contributed by atoms with van der Waals surface area (Å²) in [6.45, 7) is 4.44. The van der Waals surface area contributed by atoms with Gasteiger partial charge in [0.15, 0.2) is 0 Å². The zero-order valence-electron chi connectivity index (χ0n) is 13.2. The summed E-state index contributed by atoms with van der Waals surface area (Å²) >= 11 is 0. The van der Waals surface area contributed by atoms with Crippen LogP contribution in [-0.2, 0) is 11.4 Å². The molecule has 0 saturated carbocycles. The van der Waals surface area contributed by atoms with Crippen LogP contribution in [0.3, 0.4) is 0 Å². The number of carbonyl (C=O) groups excluding carboxylic acids is 1. The van der Waals surface area contributed by atoms with E-state index in [0.717, 1.165) is 16.5 Å². The average molecular weight is 309 g/mol. The van der Waals surface area contributed by atoms with E-state index in [4.69, 9.17) is 4.74 Å². The normalized spacial score (nSPS) is 9.65. The van der Waals surface area contributed by atoms with Gasteiger partial charge in [0.25, 0.3) is 0 Å². The summed E-state index contributed by atoms with van der Waals surface area (Å²) < 4.78 is 5.78. The molecule has 0 fully saturated rings. The second-order valence-corrected chi connectivity index (χ2v) is 4.45. The Bertz CT molecular complexity index is 761. The summed E-state index contributed by atoms with van der Waals surface area (Å²) in [5, 5.41) is 3.57. The molecule has 0 radical (unpaired) electrons. The molecule has 1 N–H and O–H groups in total. The predicted molar refractivity (Wildman–Crippen MR) is 91.3 cm³/mol. The van der Waals surface area contributed by atoms with Gasteiger partial charge in [-0.15, -0.1) is 0 Å². The molecule has 5 heteroatoms. The second-order valence-electron chi connectivity index (χ2n) is 4.45. The minimum atomic E-state index is 0.439. The molecular formula is C18H19N3O2. The molecule has 0 aliphatic carbocycles. The molecule has 0 saturated heterocycles. The maximum atomic E-state index is 10.7. The summed E-state index contributed by atoms with van der Waals surface area (Å²) in [5.41, 5.74) is 2.40. The van der Waals surface area contributed by atoms with E-state index >= 15 is 0 Å². The summed E-state index contributed by atoms with van der Waals surface area (Å²) in [7, 11) is 0. The minimum absolute atomic E-state index is 0.439. The van der Waals surface area contributed by atoms with Crippen LogP contribution in [0.2, 0.25) is 0 Å². The highest BCUT2D eigenvalue weighted by molar-refractivity contribution is 5.95. The highest BCUT2D eigenvalue weighted by Gasteiger charge is 2.06. The third-order valence-electron chi connectivity index (χ3n) is 3.05. The Labute approximate surface area is 135 Å². The number of anilines is 1. The number of hydrogen-bond acceptors (Lipinski definition) is 4. The first-order valence-electron chi connectivity index (χ1n) is 7.47. The van der Waals surface area contributed by atoms with E-state index in [1.54, 1.807) is 24.7 Å². The molecule has 3 rings (SSSR count). The Hall–Kier alpha value is -2.95. The molecule has 23 heavy (non-hydrogen) atoms. The number of ether oxygens (including phenoxy) is 1. The standard InChI is InChI=1S/C16H13N3O2.C2H6/c20-11-19-15-9-14(8-13-2-1-5-18-16(13)15)21-10-12-3-6-17-7-4-12;1-2/h1-9,11H,10H2,(H,19,20);1-2H3. The fraction of sp³-hybridized carbons (Fsp3) is 0.167. The molecule has 2 aromatic heterocycles. The van der Waals surface area contributed by atoms with Gasteiger partial charge in [0.2, 0.25) is 6.41 Å². The van der Waals surface area contributed by atoms with Crippen LogP contribution in [-0.4, -0.2) is 16.4 Å². The molecule has 5 nitrogen and oxygen atoms in total. The summed E-state index contributed by atoms with van der Waals surface area (Å²) in [6, 6.07) is 11.2. The van der Waals surface area contributed by atoms with E-state index in [2.05, 4.69) is 15.3 Å². The van der Waals surface area contributed by atoms with Crippen molar-refractivity contribution < 1.29 is 9.53 Å². The molecule has 118 valence electrons.